The summed E-state index contributed by atoms with van der Waals surface area (Å²) < 4.78 is 33.2. The standard InChI is InChI=1S/C21H28N4O3S/c1-24-11-13-25(14-12-24)29(26,27)19-9-10-21(23-16-19)22-15-17-5-2-3-8-20(17)28-18-6-4-7-18/h2-3,5,8-10,16,18H,4,6-7,11-15H2,1H3,(H,22,23). The van der Waals surface area contributed by atoms with Crippen molar-refractivity contribution in [1.82, 2.24) is 14.2 Å². The second-order valence-electron chi connectivity index (χ2n) is 7.72. The summed E-state index contributed by atoms with van der Waals surface area (Å²) in [7, 11) is -1.49. The number of hydrogen-bond acceptors (Lipinski definition) is 6. The minimum Gasteiger partial charge on any atom is -0.490 e. The summed E-state index contributed by atoms with van der Waals surface area (Å²) in [5, 5.41) is 3.27. The number of hydrogen-bond donors (Lipinski definition) is 1. The van der Waals surface area contributed by atoms with Crippen LogP contribution in [0.15, 0.2) is 47.5 Å². The third-order valence-corrected chi connectivity index (χ3v) is 7.50. The Labute approximate surface area is 172 Å². The first-order valence-electron chi connectivity index (χ1n) is 10.2. The zero-order chi connectivity index (χ0) is 20.3. The number of nitrogens with one attached hydrogen (secondary N) is 1. The first-order chi connectivity index (χ1) is 14.0. The van der Waals surface area contributed by atoms with E-state index in [1.54, 1.807) is 12.1 Å². The van der Waals surface area contributed by atoms with Crippen molar-refractivity contribution in [3.05, 3.63) is 48.2 Å². The molecule has 8 heteroatoms. The van der Waals surface area contributed by atoms with E-state index in [1.165, 1.54) is 16.9 Å². The van der Waals surface area contributed by atoms with Gasteiger partial charge in [-0.2, -0.15) is 4.31 Å². The van der Waals surface area contributed by atoms with E-state index in [9.17, 15) is 8.42 Å². The summed E-state index contributed by atoms with van der Waals surface area (Å²) in [6.45, 7) is 3.08. The first kappa shape index (κ1) is 20.1. The van der Waals surface area contributed by atoms with Crippen LogP contribution in [0.2, 0.25) is 0 Å². The smallest absolute Gasteiger partial charge is 0.244 e. The molecule has 7 nitrogen and oxygen atoms in total. The number of ether oxygens (including phenoxy) is 1. The molecule has 0 radical (unpaired) electrons. The highest BCUT2D eigenvalue weighted by atomic mass is 32.2. The molecular formula is C21H28N4O3S. The van der Waals surface area contributed by atoms with E-state index >= 15 is 0 Å². The Morgan fingerprint density at radius 2 is 1.86 bits per heavy atom. The molecule has 1 aromatic carbocycles. The van der Waals surface area contributed by atoms with Crippen molar-refractivity contribution >= 4 is 15.8 Å². The third kappa shape index (κ3) is 4.71. The van der Waals surface area contributed by atoms with Gasteiger partial charge in [0.1, 0.15) is 16.5 Å². The van der Waals surface area contributed by atoms with Gasteiger partial charge in [0.05, 0.1) is 6.10 Å². The topological polar surface area (TPSA) is 74.8 Å². The molecule has 0 spiro atoms. The maximum atomic E-state index is 12.8. The minimum absolute atomic E-state index is 0.237. The predicted octanol–water partition coefficient (Wildman–Crippen LogP) is 2.56. The van der Waals surface area contributed by atoms with Crippen LogP contribution >= 0.6 is 0 Å². The highest BCUT2D eigenvalue weighted by molar-refractivity contribution is 7.89. The van der Waals surface area contributed by atoms with Gasteiger partial charge in [-0.1, -0.05) is 18.2 Å². The molecule has 1 aromatic heterocycles. The molecule has 1 aliphatic carbocycles. The Bertz CT molecular complexity index is 921. The van der Waals surface area contributed by atoms with Crippen LogP contribution in [-0.2, 0) is 16.6 Å². The van der Waals surface area contributed by atoms with E-state index in [0.717, 1.165) is 37.2 Å². The quantitative estimate of drug-likeness (QED) is 0.748. The molecule has 2 aromatic rings. The number of rotatable bonds is 7. The zero-order valence-corrected chi connectivity index (χ0v) is 17.6. The highest BCUT2D eigenvalue weighted by Crippen LogP contribution is 2.28. The van der Waals surface area contributed by atoms with Crippen LogP contribution in [0.1, 0.15) is 24.8 Å². The summed E-state index contributed by atoms with van der Waals surface area (Å²) in [6, 6.07) is 11.3. The van der Waals surface area contributed by atoms with E-state index in [1.807, 2.05) is 31.3 Å². The van der Waals surface area contributed by atoms with Crippen molar-refractivity contribution in [2.24, 2.45) is 0 Å². The number of likely N-dealkylation sites (N-methyl/N-ethyl adjacent to an activating group) is 1. The molecule has 0 unspecified atom stereocenters. The van der Waals surface area contributed by atoms with E-state index in [4.69, 9.17) is 4.74 Å². The van der Waals surface area contributed by atoms with Crippen LogP contribution in [0.4, 0.5) is 5.82 Å². The number of benzene rings is 1. The van der Waals surface area contributed by atoms with Crippen molar-refractivity contribution < 1.29 is 13.2 Å². The molecule has 2 aliphatic rings. The third-order valence-electron chi connectivity index (χ3n) is 5.61. The van der Waals surface area contributed by atoms with Crippen molar-refractivity contribution in [2.45, 2.75) is 36.8 Å². The van der Waals surface area contributed by atoms with Crippen molar-refractivity contribution in [3.63, 3.8) is 0 Å². The SMILES string of the molecule is CN1CCN(S(=O)(=O)c2ccc(NCc3ccccc3OC3CCC3)nc2)CC1. The van der Waals surface area contributed by atoms with Gasteiger partial charge in [0.2, 0.25) is 10.0 Å². The van der Waals surface area contributed by atoms with E-state index < -0.39 is 10.0 Å². The zero-order valence-electron chi connectivity index (χ0n) is 16.8. The van der Waals surface area contributed by atoms with Crippen LogP contribution in [0, 0.1) is 0 Å². The van der Waals surface area contributed by atoms with Gasteiger partial charge in [-0.25, -0.2) is 13.4 Å². The van der Waals surface area contributed by atoms with Crippen LogP contribution in [0.3, 0.4) is 0 Å². The molecule has 0 amide bonds. The maximum Gasteiger partial charge on any atom is 0.244 e. The average molecular weight is 417 g/mol. The lowest BCUT2D eigenvalue weighted by Crippen LogP contribution is -2.47. The van der Waals surface area contributed by atoms with Gasteiger partial charge in [0, 0.05) is 44.5 Å². The monoisotopic (exact) mass is 416 g/mol. The lowest BCUT2D eigenvalue weighted by Gasteiger charge is -2.31. The van der Waals surface area contributed by atoms with Gasteiger partial charge in [0.15, 0.2) is 0 Å². The van der Waals surface area contributed by atoms with Crippen LogP contribution in [-0.4, -0.2) is 61.9 Å². The van der Waals surface area contributed by atoms with E-state index in [2.05, 4.69) is 15.2 Å². The van der Waals surface area contributed by atoms with Crippen LogP contribution in [0.25, 0.3) is 0 Å². The fraction of sp³-hybridized carbons (Fsp3) is 0.476. The molecule has 1 aliphatic heterocycles. The Morgan fingerprint density at radius 3 is 2.52 bits per heavy atom. The minimum atomic E-state index is -3.49. The lowest BCUT2D eigenvalue weighted by atomic mass is 9.96. The molecule has 1 saturated heterocycles. The number of anilines is 1. The number of nitrogens with zero attached hydrogens (tertiary/aromatic N) is 3. The summed E-state index contributed by atoms with van der Waals surface area (Å²) in [4.78, 5) is 6.69. The number of piperazine rings is 1. The summed E-state index contributed by atoms with van der Waals surface area (Å²) >= 11 is 0. The lowest BCUT2D eigenvalue weighted by molar-refractivity contribution is 0.119. The predicted molar refractivity (Wildman–Crippen MR) is 113 cm³/mol. The maximum absolute atomic E-state index is 12.8. The second kappa shape index (κ2) is 8.69. The molecule has 156 valence electrons. The van der Waals surface area contributed by atoms with Crippen LogP contribution in [0.5, 0.6) is 5.75 Å². The molecule has 2 heterocycles. The molecular weight excluding hydrogens is 388 g/mol. The van der Waals surface area contributed by atoms with Gasteiger partial charge >= 0.3 is 0 Å². The number of pyridine rings is 1. The van der Waals surface area contributed by atoms with E-state index in [0.29, 0.717) is 31.6 Å². The normalized spacial score (nSPS) is 18.9. The van der Waals surface area contributed by atoms with E-state index in [-0.39, 0.29) is 4.90 Å². The fourth-order valence-electron chi connectivity index (χ4n) is 3.43. The average Bonchev–Trinajstić information content (AvgIpc) is 2.70. The number of para-hydroxylation sites is 1. The molecule has 1 saturated carbocycles. The van der Waals surface area contributed by atoms with Crippen LogP contribution < -0.4 is 10.1 Å². The summed E-state index contributed by atoms with van der Waals surface area (Å²) in [5.74, 6) is 1.54. The number of sulfonamides is 1. The van der Waals surface area contributed by atoms with Crippen molar-refractivity contribution in [2.75, 3.05) is 38.5 Å². The van der Waals surface area contributed by atoms with Gasteiger partial charge < -0.3 is 15.0 Å². The molecule has 29 heavy (non-hydrogen) atoms. The second-order valence-corrected chi connectivity index (χ2v) is 9.66. The number of aromatic nitrogens is 1. The molecule has 0 atom stereocenters. The summed E-state index contributed by atoms with van der Waals surface area (Å²) in [5.41, 5.74) is 1.07. The Balaban J connectivity index is 1.39. The van der Waals surface area contributed by atoms with Gasteiger partial charge in [-0.3, -0.25) is 0 Å². The van der Waals surface area contributed by atoms with Gasteiger partial charge in [-0.05, 0) is 44.5 Å². The van der Waals surface area contributed by atoms with Gasteiger partial charge in [0.25, 0.3) is 0 Å². The molecule has 0 bridgehead atoms. The molecule has 1 N–H and O–H groups in total. The Kier molecular flexibility index (Phi) is 6.03. The largest absolute Gasteiger partial charge is 0.490 e. The summed E-state index contributed by atoms with van der Waals surface area (Å²) in [6.07, 6.45) is 5.23. The first-order valence-corrected chi connectivity index (χ1v) is 11.6. The molecule has 4 rings (SSSR count). The van der Waals surface area contributed by atoms with Crippen molar-refractivity contribution in [1.29, 1.82) is 0 Å². The van der Waals surface area contributed by atoms with Gasteiger partial charge in [-0.15, -0.1) is 0 Å². The Hall–Kier alpha value is -2.16. The highest BCUT2D eigenvalue weighted by Gasteiger charge is 2.27. The van der Waals surface area contributed by atoms with Crippen molar-refractivity contribution in [3.8, 4) is 5.75 Å². The Morgan fingerprint density at radius 1 is 1.10 bits per heavy atom. The fourth-order valence-corrected chi connectivity index (χ4v) is 4.80. The molecule has 2 fully saturated rings.